The Hall–Kier alpha value is -1.14. The summed E-state index contributed by atoms with van der Waals surface area (Å²) in [5.41, 5.74) is 0. The van der Waals surface area contributed by atoms with Crippen LogP contribution in [0.3, 0.4) is 0 Å². The molecule has 0 bridgehead atoms. The first-order valence-electron chi connectivity index (χ1n) is 33.3. The Morgan fingerprint density at radius 1 is 0.333 bits per heavy atom. The van der Waals surface area contributed by atoms with Crippen LogP contribution in [0.1, 0.15) is 386 Å². The van der Waals surface area contributed by atoms with Crippen LogP contribution in [0.15, 0.2) is 0 Å². The lowest BCUT2D eigenvalue weighted by Crippen LogP contribution is -2.45. The first kappa shape index (κ1) is 70.9. The van der Waals surface area contributed by atoms with Crippen LogP contribution in [0.25, 0.3) is 0 Å². The fourth-order valence-electron chi connectivity index (χ4n) is 10.8. The zero-order chi connectivity index (χ0) is 52.2. The lowest BCUT2D eigenvalue weighted by Gasteiger charge is -2.22. The summed E-state index contributed by atoms with van der Waals surface area (Å²) in [6.07, 6.45) is 74.1. The molecule has 0 aliphatic carbocycles. The Kier molecular flexibility index (Phi) is 61.4. The summed E-state index contributed by atoms with van der Waals surface area (Å²) in [5.74, 6) is -0.0309. The summed E-state index contributed by atoms with van der Waals surface area (Å²) in [7, 11) is 0. The largest absolute Gasteiger partial charge is 0.466 e. The number of esters is 1. The molecule has 1 amide bonds. The monoisotopic (exact) mass is 1020 g/mol. The van der Waals surface area contributed by atoms with Gasteiger partial charge in [0.05, 0.1) is 25.4 Å². The minimum absolute atomic E-state index is 0.00720. The van der Waals surface area contributed by atoms with Gasteiger partial charge in [-0.1, -0.05) is 348 Å². The number of aliphatic hydroxyl groups excluding tert-OH is 2. The van der Waals surface area contributed by atoms with E-state index in [1.165, 1.54) is 308 Å². The molecule has 0 aliphatic heterocycles. The fraction of sp³-hybridized carbons (Fsp3) is 0.970. The number of nitrogens with one attached hydrogen (secondary N) is 1. The highest BCUT2D eigenvalue weighted by Gasteiger charge is 2.20. The second-order valence-electron chi connectivity index (χ2n) is 23.2. The van der Waals surface area contributed by atoms with Gasteiger partial charge in [-0.25, -0.2) is 0 Å². The van der Waals surface area contributed by atoms with Crippen molar-refractivity contribution in [1.82, 2.24) is 5.32 Å². The molecule has 0 aromatic rings. The van der Waals surface area contributed by atoms with E-state index >= 15 is 0 Å². The maximum Gasteiger partial charge on any atom is 0.305 e. The molecule has 0 saturated heterocycles. The molecule has 0 aromatic carbocycles. The van der Waals surface area contributed by atoms with Gasteiger partial charge >= 0.3 is 5.97 Å². The lowest BCUT2D eigenvalue weighted by molar-refractivity contribution is -0.143. The molecule has 6 nitrogen and oxygen atoms in total. The molecule has 72 heavy (non-hydrogen) atoms. The van der Waals surface area contributed by atoms with Crippen LogP contribution >= 0.6 is 0 Å². The van der Waals surface area contributed by atoms with E-state index < -0.39 is 12.1 Å². The predicted molar refractivity (Wildman–Crippen MR) is 315 cm³/mol. The third-order valence-corrected chi connectivity index (χ3v) is 15.9. The van der Waals surface area contributed by atoms with Crippen LogP contribution in [0, 0.1) is 0 Å². The Bertz CT molecular complexity index is 1040. The zero-order valence-electron chi connectivity index (χ0n) is 49.2. The summed E-state index contributed by atoms with van der Waals surface area (Å²) in [5, 5.41) is 23.4. The van der Waals surface area contributed by atoms with Gasteiger partial charge in [0.25, 0.3) is 0 Å². The van der Waals surface area contributed by atoms with E-state index in [0.717, 1.165) is 44.9 Å². The molecule has 2 unspecified atom stereocenters. The SMILES string of the molecule is CCCCCCCCCCCCCCCCCCCCCCCC(O)C(CO)NC(=O)CCCCCCCCCCCCCCCCCOC(=O)CCCCCCCCCCCCCCCCCCCCC. The van der Waals surface area contributed by atoms with Crippen LogP contribution in [-0.2, 0) is 14.3 Å². The molecule has 0 aliphatic rings. The maximum atomic E-state index is 12.5. The van der Waals surface area contributed by atoms with Crippen LogP contribution in [0.4, 0.5) is 0 Å². The Morgan fingerprint density at radius 3 is 0.847 bits per heavy atom. The number of amides is 1. The van der Waals surface area contributed by atoms with Crippen molar-refractivity contribution in [2.75, 3.05) is 13.2 Å². The van der Waals surface area contributed by atoms with Gasteiger partial charge in [-0.15, -0.1) is 0 Å². The van der Waals surface area contributed by atoms with E-state index in [1.807, 2.05) is 0 Å². The maximum absolute atomic E-state index is 12.5. The summed E-state index contributed by atoms with van der Waals surface area (Å²) in [4.78, 5) is 24.6. The predicted octanol–water partition coefficient (Wildman–Crippen LogP) is 21.0. The fourth-order valence-corrected chi connectivity index (χ4v) is 10.8. The number of aliphatic hydroxyl groups is 2. The molecule has 0 fully saturated rings. The summed E-state index contributed by atoms with van der Waals surface area (Å²) in [6, 6.07) is -0.548. The van der Waals surface area contributed by atoms with Gasteiger partial charge in [0.1, 0.15) is 0 Å². The van der Waals surface area contributed by atoms with Gasteiger partial charge in [-0.2, -0.15) is 0 Å². The van der Waals surface area contributed by atoms with E-state index in [4.69, 9.17) is 4.74 Å². The molecule has 0 saturated carbocycles. The number of hydrogen-bond acceptors (Lipinski definition) is 5. The normalized spacial score (nSPS) is 12.4. The standard InChI is InChI=1S/C66H131NO5/c1-3-5-7-9-11-13-15-17-19-21-23-24-26-27-30-34-38-42-46-50-54-58-64(69)63(62-68)67-65(70)59-55-51-47-43-39-35-31-29-33-37-41-45-49-53-57-61-72-66(71)60-56-52-48-44-40-36-32-28-25-22-20-18-16-14-12-10-8-6-4-2/h63-64,68-69H,3-62H2,1-2H3,(H,67,70). The van der Waals surface area contributed by atoms with E-state index in [-0.39, 0.29) is 18.5 Å². The van der Waals surface area contributed by atoms with Crippen molar-refractivity contribution in [1.29, 1.82) is 0 Å². The average Bonchev–Trinajstić information content (AvgIpc) is 3.38. The summed E-state index contributed by atoms with van der Waals surface area (Å²) < 4.78 is 5.50. The number of ether oxygens (including phenoxy) is 1. The molecule has 6 heteroatoms. The van der Waals surface area contributed by atoms with Gasteiger partial charge in [-0.3, -0.25) is 9.59 Å². The first-order valence-corrected chi connectivity index (χ1v) is 33.3. The molecular weight excluding hydrogens is 887 g/mol. The van der Waals surface area contributed by atoms with Crippen LogP contribution in [0.5, 0.6) is 0 Å². The minimum Gasteiger partial charge on any atom is -0.466 e. The number of rotatable bonds is 63. The Balaban J connectivity index is 3.39. The van der Waals surface area contributed by atoms with Crippen molar-refractivity contribution in [3.8, 4) is 0 Å². The van der Waals surface area contributed by atoms with E-state index in [0.29, 0.717) is 25.9 Å². The average molecular weight is 1020 g/mol. The van der Waals surface area contributed by atoms with Crippen molar-refractivity contribution in [2.24, 2.45) is 0 Å². The molecule has 0 heterocycles. The lowest BCUT2D eigenvalue weighted by atomic mass is 10.0. The quantitative estimate of drug-likeness (QED) is 0.0417. The first-order chi connectivity index (χ1) is 35.5. The van der Waals surface area contributed by atoms with Crippen LogP contribution in [-0.4, -0.2) is 47.4 Å². The number of hydrogen-bond donors (Lipinski definition) is 3. The molecule has 0 rings (SSSR count). The van der Waals surface area contributed by atoms with Crippen molar-refractivity contribution in [3.63, 3.8) is 0 Å². The molecule has 430 valence electrons. The Labute approximate surface area is 451 Å². The molecule has 0 radical (unpaired) electrons. The van der Waals surface area contributed by atoms with Gasteiger partial charge in [-0.05, 0) is 25.7 Å². The van der Waals surface area contributed by atoms with Crippen molar-refractivity contribution < 1.29 is 24.5 Å². The second-order valence-corrected chi connectivity index (χ2v) is 23.2. The van der Waals surface area contributed by atoms with Gasteiger partial charge in [0, 0.05) is 12.8 Å². The van der Waals surface area contributed by atoms with Crippen molar-refractivity contribution >= 4 is 11.9 Å². The topological polar surface area (TPSA) is 95.9 Å². The molecule has 0 aromatic heterocycles. The molecule has 0 spiro atoms. The molecular formula is C66H131NO5. The second kappa shape index (κ2) is 62.4. The molecule has 3 N–H and O–H groups in total. The summed E-state index contributed by atoms with van der Waals surface area (Å²) in [6.45, 7) is 4.98. The number of unbranched alkanes of at least 4 members (excludes halogenated alkanes) is 52. The van der Waals surface area contributed by atoms with E-state index in [2.05, 4.69) is 19.2 Å². The minimum atomic E-state index is -0.670. The van der Waals surface area contributed by atoms with Gasteiger partial charge in [0.2, 0.25) is 5.91 Å². The van der Waals surface area contributed by atoms with E-state index in [9.17, 15) is 19.8 Å². The molecule has 2 atom stereocenters. The van der Waals surface area contributed by atoms with Crippen LogP contribution in [0.2, 0.25) is 0 Å². The van der Waals surface area contributed by atoms with Crippen molar-refractivity contribution in [2.45, 2.75) is 398 Å². The van der Waals surface area contributed by atoms with Gasteiger partial charge in [0.15, 0.2) is 0 Å². The Morgan fingerprint density at radius 2 is 0.569 bits per heavy atom. The smallest absolute Gasteiger partial charge is 0.305 e. The highest BCUT2D eigenvalue weighted by molar-refractivity contribution is 5.76. The third kappa shape index (κ3) is 58.1. The van der Waals surface area contributed by atoms with Crippen molar-refractivity contribution in [3.05, 3.63) is 0 Å². The van der Waals surface area contributed by atoms with Crippen LogP contribution < -0.4 is 5.32 Å². The third-order valence-electron chi connectivity index (χ3n) is 15.9. The zero-order valence-corrected chi connectivity index (χ0v) is 49.2. The van der Waals surface area contributed by atoms with Gasteiger partial charge < -0.3 is 20.3 Å². The number of carbonyl (C=O) groups excluding carboxylic acids is 2. The highest BCUT2D eigenvalue weighted by atomic mass is 16.5. The summed E-state index contributed by atoms with van der Waals surface area (Å²) >= 11 is 0. The highest BCUT2D eigenvalue weighted by Crippen LogP contribution is 2.19. The number of carbonyl (C=O) groups is 2. The van der Waals surface area contributed by atoms with E-state index in [1.54, 1.807) is 0 Å².